The maximum absolute atomic E-state index is 4.67. The molecule has 0 unspecified atom stereocenters. The highest BCUT2D eigenvalue weighted by Gasteiger charge is 2.17. The summed E-state index contributed by atoms with van der Waals surface area (Å²) >= 11 is 15.5. The second-order valence-electron chi connectivity index (χ2n) is 6.66. The van der Waals surface area contributed by atoms with Gasteiger partial charge in [-0.25, -0.2) is 0 Å². The SMILES string of the molecule is Brc1ccc(-c2ccc(-c3ccc(-c4ccc(-c5ccc(Br)s5)s4)c4nsnc34)s2)s1. The molecule has 0 fully saturated rings. The molecule has 31 heavy (non-hydrogen) atoms. The minimum absolute atomic E-state index is 0.983. The van der Waals surface area contributed by atoms with Crippen molar-refractivity contribution in [2.24, 2.45) is 0 Å². The Hall–Kier alpha value is -1.20. The van der Waals surface area contributed by atoms with Gasteiger partial charge in [-0.2, -0.15) is 8.75 Å². The lowest BCUT2D eigenvalue weighted by Crippen LogP contribution is -1.81. The van der Waals surface area contributed by atoms with Crippen LogP contribution in [0.3, 0.4) is 0 Å². The van der Waals surface area contributed by atoms with E-state index >= 15 is 0 Å². The molecule has 6 aromatic rings. The van der Waals surface area contributed by atoms with Crippen LogP contribution in [0.5, 0.6) is 0 Å². The van der Waals surface area contributed by atoms with Gasteiger partial charge in [0.15, 0.2) is 0 Å². The predicted molar refractivity (Wildman–Crippen MR) is 146 cm³/mol. The molecule has 0 N–H and O–H groups in total. The van der Waals surface area contributed by atoms with Crippen molar-refractivity contribution < 1.29 is 0 Å². The van der Waals surface area contributed by atoms with Crippen molar-refractivity contribution in [2.75, 3.05) is 0 Å². The average Bonchev–Trinajstić information content (AvgIpc) is 3.57. The summed E-state index contributed by atoms with van der Waals surface area (Å²) in [4.78, 5) is 7.54. The maximum Gasteiger partial charge on any atom is 0.114 e. The van der Waals surface area contributed by atoms with Gasteiger partial charge in [-0.3, -0.25) is 0 Å². The molecule has 5 aromatic heterocycles. The van der Waals surface area contributed by atoms with Gasteiger partial charge in [-0.05, 0) is 80.4 Å². The molecule has 6 rings (SSSR count). The fraction of sp³-hybridized carbons (Fsp3) is 0. The van der Waals surface area contributed by atoms with Crippen molar-refractivity contribution in [1.29, 1.82) is 0 Å². The molecule has 0 aliphatic heterocycles. The van der Waals surface area contributed by atoms with E-state index in [-0.39, 0.29) is 0 Å². The summed E-state index contributed by atoms with van der Waals surface area (Å²) in [6, 6.07) is 21.7. The van der Waals surface area contributed by atoms with E-state index < -0.39 is 0 Å². The topological polar surface area (TPSA) is 25.8 Å². The van der Waals surface area contributed by atoms with E-state index in [1.807, 2.05) is 0 Å². The first-order valence-electron chi connectivity index (χ1n) is 9.13. The summed E-state index contributed by atoms with van der Waals surface area (Å²) in [5.41, 5.74) is 4.27. The van der Waals surface area contributed by atoms with Gasteiger partial charge in [-0.15, -0.1) is 45.3 Å². The Morgan fingerprint density at radius 3 is 1.26 bits per heavy atom. The van der Waals surface area contributed by atoms with Crippen molar-refractivity contribution in [1.82, 2.24) is 8.75 Å². The second-order valence-corrected chi connectivity index (χ2v) is 14.3. The Balaban J connectivity index is 1.41. The number of fused-ring (bicyclic) bond motifs is 1. The van der Waals surface area contributed by atoms with E-state index in [0.29, 0.717) is 0 Å². The Bertz CT molecular complexity index is 1420. The molecule has 5 heterocycles. The van der Waals surface area contributed by atoms with E-state index in [1.165, 1.54) is 41.0 Å². The maximum atomic E-state index is 4.67. The van der Waals surface area contributed by atoms with Crippen molar-refractivity contribution >= 4 is 100.0 Å². The molecule has 0 bridgehead atoms. The molecule has 0 spiro atoms. The third kappa shape index (κ3) is 3.80. The normalized spacial score (nSPS) is 11.5. The Morgan fingerprint density at radius 1 is 0.452 bits per heavy atom. The van der Waals surface area contributed by atoms with Crippen LogP contribution in [0.1, 0.15) is 0 Å². The summed E-state index contributed by atoms with van der Waals surface area (Å²) in [5.74, 6) is 0. The van der Waals surface area contributed by atoms with Gasteiger partial charge in [0.1, 0.15) is 11.0 Å². The molecule has 0 aliphatic carbocycles. The summed E-state index contributed by atoms with van der Waals surface area (Å²) in [6.07, 6.45) is 0. The van der Waals surface area contributed by atoms with Gasteiger partial charge in [0.25, 0.3) is 0 Å². The van der Waals surface area contributed by atoms with Gasteiger partial charge < -0.3 is 0 Å². The van der Waals surface area contributed by atoms with Crippen molar-refractivity contribution in [3.63, 3.8) is 0 Å². The van der Waals surface area contributed by atoms with Crippen molar-refractivity contribution in [2.45, 2.75) is 0 Å². The summed E-state index contributed by atoms with van der Waals surface area (Å²) in [7, 11) is 0. The molecule has 152 valence electrons. The lowest BCUT2D eigenvalue weighted by molar-refractivity contribution is 1.63. The zero-order valence-electron chi connectivity index (χ0n) is 15.5. The van der Waals surface area contributed by atoms with Crippen LogP contribution in [-0.4, -0.2) is 8.75 Å². The van der Waals surface area contributed by atoms with E-state index in [2.05, 4.69) is 101 Å². The van der Waals surface area contributed by atoms with Crippen LogP contribution in [-0.2, 0) is 0 Å². The molecule has 0 aliphatic rings. The summed E-state index contributed by atoms with van der Waals surface area (Å²) < 4.78 is 11.6. The predicted octanol–water partition coefficient (Wildman–Crippen LogP) is 10.1. The Labute approximate surface area is 215 Å². The molecule has 0 saturated carbocycles. The molecule has 0 amide bonds. The second kappa shape index (κ2) is 8.30. The zero-order chi connectivity index (χ0) is 20.9. The third-order valence-electron chi connectivity index (χ3n) is 4.79. The molecule has 2 nitrogen and oxygen atoms in total. The molecule has 0 saturated heterocycles. The zero-order valence-corrected chi connectivity index (χ0v) is 22.7. The highest BCUT2D eigenvalue weighted by Crippen LogP contribution is 2.44. The number of hydrogen-bond acceptors (Lipinski definition) is 7. The quantitative estimate of drug-likeness (QED) is 0.196. The van der Waals surface area contributed by atoms with Crippen LogP contribution in [0.25, 0.3) is 51.4 Å². The Kier molecular flexibility index (Phi) is 5.46. The number of halogens is 2. The fourth-order valence-corrected chi connectivity index (χ4v) is 8.98. The van der Waals surface area contributed by atoms with Gasteiger partial charge >= 0.3 is 0 Å². The molecule has 1 aromatic carbocycles. The minimum Gasteiger partial charge on any atom is -0.172 e. The minimum atomic E-state index is 0.983. The highest BCUT2D eigenvalue weighted by atomic mass is 79.9. The highest BCUT2D eigenvalue weighted by molar-refractivity contribution is 9.11. The average molecular weight is 622 g/mol. The molecule has 9 heteroatoms. The van der Waals surface area contributed by atoms with E-state index in [4.69, 9.17) is 0 Å². The van der Waals surface area contributed by atoms with Crippen molar-refractivity contribution in [3.05, 3.63) is 68.2 Å². The first-order valence-corrected chi connectivity index (χ1v) is 14.7. The lowest BCUT2D eigenvalue weighted by atomic mass is 10.1. The number of hydrogen-bond donors (Lipinski definition) is 0. The van der Waals surface area contributed by atoms with Crippen molar-refractivity contribution in [3.8, 4) is 40.4 Å². The summed E-state index contributed by atoms with van der Waals surface area (Å²) in [6.45, 7) is 0. The van der Waals surface area contributed by atoms with Crippen LogP contribution in [0.15, 0.2) is 68.2 Å². The lowest BCUT2D eigenvalue weighted by Gasteiger charge is -2.03. The Morgan fingerprint density at radius 2 is 0.839 bits per heavy atom. The van der Waals surface area contributed by atoms with E-state index in [0.717, 1.165) is 29.7 Å². The number of benzene rings is 1. The van der Waals surface area contributed by atoms with Crippen LogP contribution in [0, 0.1) is 0 Å². The first-order chi connectivity index (χ1) is 15.2. The standard InChI is InChI=1S/C22H10Br2N2S5/c23-19-9-7-17(29-19)15-5-3-13(27-15)11-1-2-12(22-21(11)25-31-26-22)14-4-6-16(28-14)18-8-10-20(24)30-18/h1-10H. The van der Waals surface area contributed by atoms with Gasteiger partial charge in [0, 0.05) is 40.4 Å². The molecular formula is C22H10Br2N2S5. The smallest absolute Gasteiger partial charge is 0.114 e. The van der Waals surface area contributed by atoms with Gasteiger partial charge in [0.2, 0.25) is 0 Å². The molecular weight excluding hydrogens is 612 g/mol. The first kappa shape index (κ1) is 20.4. The number of nitrogens with zero attached hydrogens (tertiary/aromatic N) is 2. The number of rotatable bonds is 4. The van der Waals surface area contributed by atoms with Crippen LogP contribution in [0.2, 0.25) is 0 Å². The number of thiophene rings is 4. The molecule has 0 radical (unpaired) electrons. The monoisotopic (exact) mass is 620 g/mol. The third-order valence-corrected chi connectivity index (χ3v) is 11.2. The van der Waals surface area contributed by atoms with Gasteiger partial charge in [-0.1, -0.05) is 12.1 Å². The van der Waals surface area contributed by atoms with Crippen LogP contribution >= 0.6 is 88.9 Å². The molecule has 0 atom stereocenters. The van der Waals surface area contributed by atoms with E-state index in [1.54, 1.807) is 45.3 Å². The summed E-state index contributed by atoms with van der Waals surface area (Å²) in [5, 5.41) is 0. The van der Waals surface area contributed by atoms with Crippen LogP contribution < -0.4 is 0 Å². The van der Waals surface area contributed by atoms with Gasteiger partial charge in [0.05, 0.1) is 19.3 Å². The fourth-order valence-electron chi connectivity index (χ4n) is 3.39. The largest absolute Gasteiger partial charge is 0.172 e. The van der Waals surface area contributed by atoms with E-state index in [9.17, 15) is 0 Å². The van der Waals surface area contributed by atoms with Crippen LogP contribution in [0.4, 0.5) is 0 Å². The number of aromatic nitrogens is 2.